The monoisotopic (exact) mass is 989 g/mol. The van der Waals surface area contributed by atoms with Crippen molar-refractivity contribution in [2.75, 3.05) is 98.2 Å². The molecule has 2 bridgehead atoms. The summed E-state index contributed by atoms with van der Waals surface area (Å²) in [5.41, 5.74) is 24.7. The number of allylic oxidation sites excluding steroid dienone is 2. The van der Waals surface area contributed by atoms with Gasteiger partial charge in [0.15, 0.2) is 6.61 Å². The second-order valence-corrected chi connectivity index (χ2v) is 21.0. The van der Waals surface area contributed by atoms with Crippen LogP contribution in [0.5, 0.6) is 0 Å². The fourth-order valence-corrected chi connectivity index (χ4v) is 10.8. The van der Waals surface area contributed by atoms with Gasteiger partial charge in [-0.25, -0.2) is 0 Å². The third-order valence-electron chi connectivity index (χ3n) is 14.9. The van der Waals surface area contributed by atoms with E-state index in [-0.39, 0.29) is 30.2 Å². The summed E-state index contributed by atoms with van der Waals surface area (Å²) in [5.74, 6) is 4.12. The van der Waals surface area contributed by atoms with Crippen LogP contribution >= 0.6 is 0 Å². The van der Waals surface area contributed by atoms with Gasteiger partial charge in [-0.15, -0.1) is 0 Å². The Labute approximate surface area is 424 Å². The van der Waals surface area contributed by atoms with Crippen LogP contribution in [-0.2, 0) is 23.9 Å². The van der Waals surface area contributed by atoms with Crippen molar-refractivity contribution in [3.63, 3.8) is 0 Å². The van der Waals surface area contributed by atoms with E-state index in [1.165, 1.54) is 24.8 Å². The standard InChI is InChI=1S/C53H104N12O5/c1-40(2)44-19-17-41(36-49(44)70-39-51(67)63-32-6-4-16-48(57)53(69)65-34-14-30-61-26-10-8-24-59-28-12-22-55)35-46-42-18-20-45(46)43(37-42)38-50(66)62-31-5-3-15-47(56)52(68)64-33-13-29-60-25-9-7-23-58-27-11-21-54/h40-43,45-48,58-61H,3-39,54-57H2,1-2H3,(H,62,66)(H,63,67)(H,64,68)(H,65,69)/t41-,42?,43?,45?,46?,47+,48+/m1/s1. The topological polar surface area (TPSA) is 278 Å². The zero-order chi connectivity index (χ0) is 50.6. The van der Waals surface area contributed by atoms with Gasteiger partial charge in [-0.05, 0) is 235 Å². The van der Waals surface area contributed by atoms with E-state index in [4.69, 9.17) is 27.7 Å². The first kappa shape index (κ1) is 61.4. The summed E-state index contributed by atoms with van der Waals surface area (Å²) < 4.78 is 6.30. The van der Waals surface area contributed by atoms with Crippen LogP contribution in [0.3, 0.4) is 0 Å². The highest BCUT2D eigenvalue weighted by Crippen LogP contribution is 2.57. The third kappa shape index (κ3) is 26.7. The molecule has 3 rings (SSSR count). The molecule has 4 unspecified atom stereocenters. The highest BCUT2D eigenvalue weighted by molar-refractivity contribution is 5.81. The highest BCUT2D eigenvalue weighted by Gasteiger charge is 2.48. The number of hydrogen-bond donors (Lipinski definition) is 12. The smallest absolute Gasteiger partial charge is 0.257 e. The maximum Gasteiger partial charge on any atom is 0.257 e. The Kier molecular flexibility index (Phi) is 33.9. The molecule has 4 amide bonds. The fourth-order valence-electron chi connectivity index (χ4n) is 10.8. The van der Waals surface area contributed by atoms with Gasteiger partial charge in [0, 0.05) is 39.0 Å². The first-order valence-corrected chi connectivity index (χ1v) is 28.2. The lowest BCUT2D eigenvalue weighted by molar-refractivity contribution is -0.125. The number of nitrogens with one attached hydrogen (secondary N) is 8. The van der Waals surface area contributed by atoms with Crippen LogP contribution < -0.4 is 65.5 Å². The first-order valence-electron chi connectivity index (χ1n) is 28.2. The van der Waals surface area contributed by atoms with Crippen molar-refractivity contribution in [3.8, 4) is 0 Å². The summed E-state index contributed by atoms with van der Waals surface area (Å²) >= 11 is 0. The van der Waals surface area contributed by atoms with Crippen LogP contribution in [0.4, 0.5) is 0 Å². The van der Waals surface area contributed by atoms with Crippen molar-refractivity contribution in [1.82, 2.24) is 42.5 Å². The molecule has 16 N–H and O–H groups in total. The van der Waals surface area contributed by atoms with E-state index in [2.05, 4.69) is 56.4 Å². The molecule has 0 aromatic heterocycles. The fraction of sp³-hybridized carbons (Fsp3) is 0.887. The molecular weight excluding hydrogens is 885 g/mol. The van der Waals surface area contributed by atoms with Gasteiger partial charge in [-0.2, -0.15) is 0 Å². The Morgan fingerprint density at radius 1 is 0.571 bits per heavy atom. The molecule has 17 heteroatoms. The zero-order valence-electron chi connectivity index (χ0n) is 44.1. The quantitative estimate of drug-likeness (QED) is 0.0392. The molecule has 3 aliphatic rings. The molecule has 0 radical (unpaired) electrons. The van der Waals surface area contributed by atoms with Crippen LogP contribution in [0.2, 0.25) is 0 Å². The van der Waals surface area contributed by atoms with Crippen molar-refractivity contribution in [1.29, 1.82) is 0 Å². The lowest BCUT2D eigenvalue weighted by atomic mass is 9.77. The van der Waals surface area contributed by atoms with E-state index in [1.807, 2.05) is 0 Å². The van der Waals surface area contributed by atoms with E-state index in [9.17, 15) is 19.2 Å². The van der Waals surface area contributed by atoms with Crippen LogP contribution in [0.15, 0.2) is 11.3 Å². The number of amides is 4. The SMILES string of the molecule is CC(C)C1=C(OCC(=O)NCCCC[C@H](N)C(=O)NCCCNCCCCNCCCN)C[C@@H](CC2C3CCC2C(CC(=O)NCCCC[C@H](N)C(=O)NCCCNCCCCNCCCN)C3)CC1. The van der Waals surface area contributed by atoms with E-state index in [1.54, 1.807) is 0 Å². The molecule has 0 spiro atoms. The van der Waals surface area contributed by atoms with Crippen LogP contribution in [-0.4, -0.2) is 134 Å². The Bertz CT molecular complexity index is 1450. The lowest BCUT2D eigenvalue weighted by Crippen LogP contribution is -2.41. The molecule has 0 saturated heterocycles. The molecule has 0 heterocycles. The molecular formula is C53H104N12O5. The summed E-state index contributed by atoms with van der Waals surface area (Å²) in [7, 11) is 0. The van der Waals surface area contributed by atoms with Crippen molar-refractivity contribution >= 4 is 23.6 Å². The van der Waals surface area contributed by atoms with E-state index in [0.29, 0.717) is 80.9 Å². The highest BCUT2D eigenvalue weighted by atomic mass is 16.5. The summed E-state index contributed by atoms with van der Waals surface area (Å²) in [5, 5.41) is 25.7. The van der Waals surface area contributed by atoms with Crippen LogP contribution in [0.25, 0.3) is 0 Å². The zero-order valence-corrected chi connectivity index (χ0v) is 44.1. The Morgan fingerprint density at radius 2 is 1.04 bits per heavy atom. The van der Waals surface area contributed by atoms with Gasteiger partial charge in [-0.3, -0.25) is 19.2 Å². The molecule has 2 fully saturated rings. The number of unbranched alkanes of at least 4 members (excludes halogenated alkanes) is 4. The maximum absolute atomic E-state index is 13.1. The van der Waals surface area contributed by atoms with Gasteiger partial charge in [0.2, 0.25) is 17.7 Å². The minimum Gasteiger partial charge on any atom is -0.488 e. The van der Waals surface area contributed by atoms with E-state index < -0.39 is 12.1 Å². The van der Waals surface area contributed by atoms with Crippen molar-refractivity contribution in [2.24, 2.45) is 58.4 Å². The molecule has 0 aliphatic heterocycles. The van der Waals surface area contributed by atoms with Crippen molar-refractivity contribution in [3.05, 3.63) is 11.3 Å². The van der Waals surface area contributed by atoms with Gasteiger partial charge in [0.25, 0.3) is 5.91 Å². The Balaban J connectivity index is 1.21. The number of nitrogens with two attached hydrogens (primary N) is 4. The summed E-state index contributed by atoms with van der Waals surface area (Å²) in [6.45, 7) is 16.0. The van der Waals surface area contributed by atoms with Crippen LogP contribution in [0.1, 0.15) is 155 Å². The summed E-state index contributed by atoms with van der Waals surface area (Å²) in [6.07, 6.45) is 21.0. The van der Waals surface area contributed by atoms with Crippen molar-refractivity contribution in [2.45, 2.75) is 167 Å². The summed E-state index contributed by atoms with van der Waals surface area (Å²) in [4.78, 5) is 50.9. The first-order chi connectivity index (χ1) is 34.0. The predicted molar refractivity (Wildman–Crippen MR) is 284 cm³/mol. The number of carbonyl (C=O) groups is 4. The normalized spacial score (nSPS) is 20.7. The molecule has 406 valence electrons. The predicted octanol–water partition coefficient (Wildman–Crippen LogP) is 3.01. The molecule has 0 aromatic carbocycles. The minimum absolute atomic E-state index is 0.0177. The number of carbonyl (C=O) groups excluding carboxylic acids is 4. The molecule has 7 atom stereocenters. The van der Waals surface area contributed by atoms with Gasteiger partial charge < -0.3 is 70.2 Å². The van der Waals surface area contributed by atoms with Gasteiger partial charge in [0.1, 0.15) is 0 Å². The van der Waals surface area contributed by atoms with E-state index >= 15 is 0 Å². The molecule has 70 heavy (non-hydrogen) atoms. The number of ether oxygens (including phenoxy) is 1. The molecule has 17 nitrogen and oxygen atoms in total. The average Bonchev–Trinajstić information content (AvgIpc) is 3.88. The van der Waals surface area contributed by atoms with E-state index in [0.717, 1.165) is 174 Å². The van der Waals surface area contributed by atoms with Crippen molar-refractivity contribution < 1.29 is 23.9 Å². The van der Waals surface area contributed by atoms with Gasteiger partial charge in [0.05, 0.1) is 17.8 Å². The second-order valence-electron chi connectivity index (χ2n) is 21.0. The molecule has 3 aliphatic carbocycles. The number of hydrogen-bond acceptors (Lipinski definition) is 13. The largest absolute Gasteiger partial charge is 0.488 e. The van der Waals surface area contributed by atoms with Gasteiger partial charge in [-0.1, -0.05) is 13.8 Å². The Hall–Kier alpha value is -2.90. The average molecular weight is 989 g/mol. The third-order valence-corrected chi connectivity index (χ3v) is 14.9. The Morgan fingerprint density at radius 3 is 1.56 bits per heavy atom. The van der Waals surface area contributed by atoms with Gasteiger partial charge >= 0.3 is 0 Å². The number of rotatable bonds is 44. The van der Waals surface area contributed by atoms with Crippen LogP contribution in [0, 0.1) is 35.5 Å². The number of fused-ring (bicyclic) bond motifs is 2. The lowest BCUT2D eigenvalue weighted by Gasteiger charge is -2.31. The molecule has 0 aromatic rings. The summed E-state index contributed by atoms with van der Waals surface area (Å²) in [6, 6.07) is -1.07. The molecule has 2 saturated carbocycles. The minimum atomic E-state index is -0.548. The second kappa shape index (κ2) is 38.7. The maximum atomic E-state index is 13.1.